The normalized spacial score (nSPS) is 32.7. The number of phenols is 1. The van der Waals surface area contributed by atoms with Crippen LogP contribution in [0, 0.1) is 11.8 Å². The molecule has 9 nitrogen and oxygen atoms in total. The van der Waals surface area contributed by atoms with Crippen molar-refractivity contribution in [3.63, 3.8) is 0 Å². The van der Waals surface area contributed by atoms with Gasteiger partial charge in [0.05, 0.1) is 17.3 Å². The summed E-state index contributed by atoms with van der Waals surface area (Å²) in [7, 11) is 0. The van der Waals surface area contributed by atoms with Gasteiger partial charge in [-0.05, 0) is 87.1 Å². The summed E-state index contributed by atoms with van der Waals surface area (Å²) in [5, 5.41) is 23.4. The molecule has 0 radical (unpaired) electrons. The first-order valence-electron chi connectivity index (χ1n) is 16.5. The molecule has 9 heteroatoms. The van der Waals surface area contributed by atoms with E-state index in [0.717, 1.165) is 12.0 Å². The van der Waals surface area contributed by atoms with E-state index in [1.807, 2.05) is 54.5 Å². The average molecular weight is 647 g/mol. The maximum atomic E-state index is 14.8. The molecule has 6 aliphatic rings. The molecule has 1 aromatic carbocycles. The Morgan fingerprint density at radius 1 is 1.02 bits per heavy atom. The molecule has 1 saturated heterocycles. The molecule has 252 valence electrons. The molecule has 2 N–H and O–H groups in total. The van der Waals surface area contributed by atoms with Crippen molar-refractivity contribution in [2.45, 2.75) is 122 Å². The number of benzene rings is 1. The van der Waals surface area contributed by atoms with Crippen molar-refractivity contribution < 1.29 is 43.5 Å². The number of aliphatic hydroxyl groups is 1. The molecule has 0 amide bonds. The van der Waals surface area contributed by atoms with Crippen LogP contribution in [0.2, 0.25) is 0 Å². The van der Waals surface area contributed by atoms with Crippen molar-refractivity contribution in [1.29, 1.82) is 0 Å². The summed E-state index contributed by atoms with van der Waals surface area (Å²) >= 11 is 0. The van der Waals surface area contributed by atoms with Crippen LogP contribution in [0.1, 0.15) is 115 Å². The fourth-order valence-corrected chi connectivity index (χ4v) is 8.66. The van der Waals surface area contributed by atoms with E-state index >= 15 is 0 Å². The highest BCUT2D eigenvalue weighted by molar-refractivity contribution is 6.18. The summed E-state index contributed by atoms with van der Waals surface area (Å²) in [6, 6.07) is 0. The minimum absolute atomic E-state index is 0.0137. The third kappa shape index (κ3) is 4.83. The van der Waals surface area contributed by atoms with Gasteiger partial charge in [0.2, 0.25) is 0 Å². The molecule has 1 spiro atoms. The Hall–Kier alpha value is -3.69. The fourth-order valence-electron chi connectivity index (χ4n) is 8.66. The summed E-state index contributed by atoms with van der Waals surface area (Å²) in [4.78, 5) is 40.2. The molecule has 0 aromatic heterocycles. The number of aliphatic hydroxyl groups excluding tert-OH is 1. The van der Waals surface area contributed by atoms with Crippen LogP contribution < -0.4 is 9.47 Å². The number of ether oxygens (including phenoxy) is 4. The number of Topliss-reactive ketones (excluding diaryl/α,β-unsaturated/α-hetero) is 2. The maximum Gasteiger partial charge on any atom is 0.298 e. The molecular weight excluding hydrogens is 600 g/mol. The van der Waals surface area contributed by atoms with Crippen molar-refractivity contribution in [2.75, 3.05) is 0 Å². The van der Waals surface area contributed by atoms with Gasteiger partial charge < -0.3 is 29.2 Å². The van der Waals surface area contributed by atoms with Crippen LogP contribution in [0.15, 0.2) is 46.8 Å². The number of fused-ring (bicyclic) bond motifs is 2. The molecule has 1 aromatic rings. The summed E-state index contributed by atoms with van der Waals surface area (Å²) in [5.41, 5.74) is -1.54. The summed E-state index contributed by atoms with van der Waals surface area (Å²) in [6.45, 7) is 15.7. The SMILES string of the molecule is CC(C)=CCC[C@]1(C)C[C@H](O)c2c(O)c3c(c(CC=C(C)C)c2O1)O[C@]12C(=CC4CC1C(C)(C)OC2(C/C=C(/C)OC=O)C4=O)C3=O. The van der Waals surface area contributed by atoms with Crippen LogP contribution in [0.4, 0.5) is 0 Å². The molecule has 2 fully saturated rings. The first-order valence-corrected chi connectivity index (χ1v) is 16.5. The van der Waals surface area contributed by atoms with Crippen LogP contribution in [0.25, 0.3) is 0 Å². The smallest absolute Gasteiger partial charge is 0.298 e. The number of carbonyl (C=O) groups is 3. The third-order valence-electron chi connectivity index (χ3n) is 10.8. The van der Waals surface area contributed by atoms with E-state index in [9.17, 15) is 24.6 Å². The van der Waals surface area contributed by atoms with E-state index in [1.54, 1.807) is 19.1 Å². The topological polar surface area (TPSA) is 129 Å². The lowest BCUT2D eigenvalue weighted by Crippen LogP contribution is -2.72. The number of hydrogen-bond acceptors (Lipinski definition) is 9. The highest BCUT2D eigenvalue weighted by Gasteiger charge is 2.81. The van der Waals surface area contributed by atoms with Gasteiger partial charge in [-0.3, -0.25) is 14.4 Å². The number of allylic oxidation sites excluding steroid dienone is 6. The minimum atomic E-state index is -1.59. The van der Waals surface area contributed by atoms with Gasteiger partial charge in [0.15, 0.2) is 22.8 Å². The number of phenolic OH excluding ortho intramolecular Hbond substituents is 1. The van der Waals surface area contributed by atoms with Gasteiger partial charge >= 0.3 is 0 Å². The molecule has 3 heterocycles. The van der Waals surface area contributed by atoms with Crippen LogP contribution in [-0.2, 0) is 25.5 Å². The number of rotatable bonds is 9. The largest absolute Gasteiger partial charge is 0.506 e. The van der Waals surface area contributed by atoms with Gasteiger partial charge in [-0.1, -0.05) is 29.4 Å². The predicted molar refractivity (Wildman–Crippen MR) is 174 cm³/mol. The second-order valence-electron chi connectivity index (χ2n) is 15.1. The lowest BCUT2D eigenvalue weighted by molar-refractivity contribution is -0.171. The Morgan fingerprint density at radius 2 is 1.72 bits per heavy atom. The standard InChI is InChI=1S/C38H46O9/c1-20(2)10-9-14-36(8)18-26(40)28-31(42)29-30(41)25-16-23-17-27-35(6,7)47-37(34(23)43,15-13-22(5)44-19-39)38(25,27)46-33(29)24(32(28)45-36)12-11-21(3)4/h10-11,13,16,19,23,26-27,40,42H,9,12,14-15,17-18H2,1-8H3/b22-13-/t23?,26-,27?,36+,37?,38+/m0/s1. The number of hydrogen-bond donors (Lipinski definition) is 2. The molecule has 1 saturated carbocycles. The zero-order chi connectivity index (χ0) is 34.3. The first-order chi connectivity index (χ1) is 22.0. The van der Waals surface area contributed by atoms with E-state index in [1.165, 1.54) is 5.57 Å². The molecule has 6 atom stereocenters. The van der Waals surface area contributed by atoms with Crippen molar-refractivity contribution in [3.8, 4) is 17.2 Å². The number of ketones is 2. The van der Waals surface area contributed by atoms with Gasteiger partial charge in [0.1, 0.15) is 34.2 Å². The van der Waals surface area contributed by atoms with E-state index < -0.39 is 40.2 Å². The lowest BCUT2D eigenvalue weighted by atomic mass is 9.51. The van der Waals surface area contributed by atoms with E-state index in [2.05, 4.69) is 6.08 Å². The molecule has 3 unspecified atom stereocenters. The summed E-state index contributed by atoms with van der Waals surface area (Å²) in [6.07, 6.45) is 8.73. The minimum Gasteiger partial charge on any atom is -0.506 e. The number of carbonyl (C=O) groups excluding carboxylic acids is 3. The van der Waals surface area contributed by atoms with Crippen molar-refractivity contribution in [2.24, 2.45) is 11.8 Å². The van der Waals surface area contributed by atoms with Crippen molar-refractivity contribution >= 4 is 18.0 Å². The Kier molecular flexibility index (Phi) is 7.91. The molecule has 3 aliphatic heterocycles. The van der Waals surface area contributed by atoms with Gasteiger partial charge in [-0.15, -0.1) is 0 Å². The van der Waals surface area contributed by atoms with Gasteiger partial charge in [-0.25, -0.2) is 0 Å². The van der Waals surface area contributed by atoms with E-state index in [0.29, 0.717) is 42.8 Å². The average Bonchev–Trinajstić information content (AvgIpc) is 3.12. The molecule has 4 bridgehead atoms. The quantitative estimate of drug-likeness (QED) is 0.171. The molecular formula is C38H46O9. The molecule has 7 rings (SSSR count). The Labute approximate surface area is 276 Å². The zero-order valence-corrected chi connectivity index (χ0v) is 28.6. The monoisotopic (exact) mass is 646 g/mol. The third-order valence-corrected chi connectivity index (χ3v) is 10.8. The second-order valence-corrected chi connectivity index (χ2v) is 15.1. The Bertz CT molecular complexity index is 1680. The van der Waals surface area contributed by atoms with Gasteiger partial charge in [0.25, 0.3) is 6.47 Å². The molecule has 47 heavy (non-hydrogen) atoms. The second kappa shape index (κ2) is 11.2. The molecule has 3 aliphatic carbocycles. The highest BCUT2D eigenvalue weighted by Crippen LogP contribution is 2.69. The Balaban J connectivity index is 1.59. The summed E-state index contributed by atoms with van der Waals surface area (Å²) in [5.74, 6) is -1.23. The maximum absolute atomic E-state index is 14.8. The van der Waals surface area contributed by atoms with Crippen LogP contribution >= 0.6 is 0 Å². The van der Waals surface area contributed by atoms with Gasteiger partial charge in [0, 0.05) is 35.8 Å². The van der Waals surface area contributed by atoms with E-state index in [-0.39, 0.29) is 52.7 Å². The van der Waals surface area contributed by atoms with Crippen LogP contribution in [0.3, 0.4) is 0 Å². The number of aromatic hydroxyl groups is 1. The predicted octanol–water partition coefficient (Wildman–Crippen LogP) is 6.70. The highest BCUT2D eigenvalue weighted by atomic mass is 16.6. The summed E-state index contributed by atoms with van der Waals surface area (Å²) < 4.78 is 25.7. The Morgan fingerprint density at radius 3 is 2.38 bits per heavy atom. The fraction of sp³-hybridized carbons (Fsp3) is 0.553. The van der Waals surface area contributed by atoms with Crippen LogP contribution in [0.5, 0.6) is 17.2 Å². The van der Waals surface area contributed by atoms with Crippen molar-refractivity contribution in [3.05, 3.63) is 63.5 Å². The van der Waals surface area contributed by atoms with Crippen molar-refractivity contribution in [1.82, 2.24) is 0 Å². The van der Waals surface area contributed by atoms with Gasteiger partial charge in [-0.2, -0.15) is 0 Å². The van der Waals surface area contributed by atoms with E-state index in [4.69, 9.17) is 18.9 Å². The lowest BCUT2D eigenvalue weighted by Gasteiger charge is -2.56. The van der Waals surface area contributed by atoms with Crippen LogP contribution in [-0.4, -0.2) is 50.7 Å². The first kappa shape index (κ1) is 33.2. The zero-order valence-electron chi connectivity index (χ0n) is 28.6.